The summed E-state index contributed by atoms with van der Waals surface area (Å²) in [4.78, 5) is 11.6. The molecule has 0 rings (SSSR count). The monoisotopic (exact) mass is 216 g/mol. The minimum atomic E-state index is -0.447. The van der Waals surface area contributed by atoms with Gasteiger partial charge in [-0.1, -0.05) is 33.6 Å². The van der Waals surface area contributed by atoms with Crippen molar-refractivity contribution in [3.05, 3.63) is 0 Å². The van der Waals surface area contributed by atoms with Crippen LogP contribution in [0.1, 0.15) is 40.0 Å². The first-order valence-corrected chi connectivity index (χ1v) is 5.69. The number of hydrogen-bond acceptors (Lipinski definition) is 3. The van der Waals surface area contributed by atoms with Crippen LogP contribution in [0.5, 0.6) is 0 Å². The Balaban J connectivity index is 3.98. The fourth-order valence-corrected chi connectivity index (χ4v) is 1.27. The number of hydrogen-bond donors (Lipinski definition) is 3. The number of carbonyl (C=O) groups excluding carboxylic acids is 1. The van der Waals surface area contributed by atoms with Crippen LogP contribution in [0, 0.1) is 5.92 Å². The predicted octanol–water partition coefficient (Wildman–Crippen LogP) is 0.637. The predicted molar refractivity (Wildman–Crippen MR) is 61.4 cm³/mol. The Bertz CT molecular complexity index is 183. The highest BCUT2D eigenvalue weighted by atomic mass is 16.3. The maximum Gasteiger partial charge on any atom is 0.237 e. The Morgan fingerprint density at radius 1 is 1.47 bits per heavy atom. The van der Waals surface area contributed by atoms with Gasteiger partial charge in [0.2, 0.25) is 5.91 Å². The van der Waals surface area contributed by atoms with Crippen LogP contribution in [0.4, 0.5) is 0 Å². The molecule has 4 heteroatoms. The quantitative estimate of drug-likeness (QED) is 0.584. The van der Waals surface area contributed by atoms with Crippen molar-refractivity contribution < 1.29 is 9.90 Å². The number of nitrogens with one attached hydrogen (secondary N) is 1. The van der Waals surface area contributed by atoms with Gasteiger partial charge in [0.25, 0.3) is 0 Å². The molecule has 4 nitrogen and oxygen atoms in total. The zero-order valence-corrected chi connectivity index (χ0v) is 9.99. The smallest absolute Gasteiger partial charge is 0.237 e. The number of aliphatic hydroxyl groups excluding tert-OH is 1. The number of unbranched alkanes of at least 4 members (excludes halogenated alkanes) is 1. The summed E-state index contributed by atoms with van der Waals surface area (Å²) in [5.74, 6) is 0.0634. The molecule has 0 saturated heterocycles. The van der Waals surface area contributed by atoms with Crippen LogP contribution in [0.25, 0.3) is 0 Å². The molecule has 0 radical (unpaired) electrons. The van der Waals surface area contributed by atoms with E-state index in [-0.39, 0.29) is 24.5 Å². The SMILES string of the molecule is CCCC[C@H](N)C(=O)NC(CO)C(C)C. The third kappa shape index (κ3) is 5.74. The lowest BCUT2D eigenvalue weighted by molar-refractivity contribution is -0.123. The van der Waals surface area contributed by atoms with Gasteiger partial charge < -0.3 is 16.2 Å². The van der Waals surface area contributed by atoms with Crippen LogP contribution in [0.3, 0.4) is 0 Å². The van der Waals surface area contributed by atoms with E-state index >= 15 is 0 Å². The van der Waals surface area contributed by atoms with Crippen molar-refractivity contribution in [3.63, 3.8) is 0 Å². The maximum atomic E-state index is 11.6. The van der Waals surface area contributed by atoms with Gasteiger partial charge in [-0.2, -0.15) is 0 Å². The average molecular weight is 216 g/mol. The van der Waals surface area contributed by atoms with Gasteiger partial charge in [-0.05, 0) is 12.3 Å². The lowest BCUT2D eigenvalue weighted by Crippen LogP contribution is -2.48. The van der Waals surface area contributed by atoms with E-state index in [4.69, 9.17) is 10.8 Å². The summed E-state index contributed by atoms with van der Waals surface area (Å²) in [6.45, 7) is 5.94. The molecule has 0 spiro atoms. The topological polar surface area (TPSA) is 75.4 Å². The number of nitrogens with two attached hydrogens (primary N) is 1. The molecule has 15 heavy (non-hydrogen) atoms. The van der Waals surface area contributed by atoms with E-state index in [0.717, 1.165) is 12.8 Å². The molecule has 0 aliphatic rings. The van der Waals surface area contributed by atoms with Crippen molar-refractivity contribution in [1.29, 1.82) is 0 Å². The Morgan fingerprint density at radius 2 is 2.07 bits per heavy atom. The van der Waals surface area contributed by atoms with Crippen LogP contribution < -0.4 is 11.1 Å². The molecule has 0 saturated carbocycles. The van der Waals surface area contributed by atoms with Crippen molar-refractivity contribution in [2.24, 2.45) is 11.7 Å². The Labute approximate surface area is 92.2 Å². The highest BCUT2D eigenvalue weighted by Crippen LogP contribution is 2.03. The van der Waals surface area contributed by atoms with Crippen LogP contribution in [-0.4, -0.2) is 29.7 Å². The molecule has 0 aromatic heterocycles. The molecular weight excluding hydrogens is 192 g/mol. The van der Waals surface area contributed by atoms with Gasteiger partial charge in [-0.15, -0.1) is 0 Å². The fourth-order valence-electron chi connectivity index (χ4n) is 1.27. The first-order chi connectivity index (χ1) is 7.02. The van der Waals surface area contributed by atoms with Crippen molar-refractivity contribution >= 4 is 5.91 Å². The summed E-state index contributed by atoms with van der Waals surface area (Å²) < 4.78 is 0. The maximum absolute atomic E-state index is 11.6. The lowest BCUT2D eigenvalue weighted by atomic mass is 10.0. The summed E-state index contributed by atoms with van der Waals surface area (Å²) in [6, 6.07) is -0.636. The van der Waals surface area contributed by atoms with Gasteiger partial charge in [0, 0.05) is 0 Å². The van der Waals surface area contributed by atoms with Crippen LogP contribution in [-0.2, 0) is 4.79 Å². The van der Waals surface area contributed by atoms with E-state index in [0.29, 0.717) is 6.42 Å². The summed E-state index contributed by atoms with van der Waals surface area (Å²) in [5.41, 5.74) is 5.71. The number of rotatable bonds is 7. The molecule has 0 fully saturated rings. The second-order valence-electron chi connectivity index (χ2n) is 4.29. The first kappa shape index (κ1) is 14.4. The standard InChI is InChI=1S/C11H24N2O2/c1-4-5-6-9(12)11(15)13-10(7-14)8(2)3/h8-10,14H,4-7,12H2,1-3H3,(H,13,15)/t9-,10?/m0/s1. The normalized spacial score (nSPS) is 15.1. The molecule has 0 heterocycles. The van der Waals surface area contributed by atoms with Gasteiger partial charge in [0.05, 0.1) is 18.7 Å². The van der Waals surface area contributed by atoms with Gasteiger partial charge >= 0.3 is 0 Å². The van der Waals surface area contributed by atoms with E-state index in [1.165, 1.54) is 0 Å². The second-order valence-corrected chi connectivity index (χ2v) is 4.29. The first-order valence-electron chi connectivity index (χ1n) is 5.69. The molecule has 0 bridgehead atoms. The Kier molecular flexibility index (Phi) is 7.34. The zero-order chi connectivity index (χ0) is 11.8. The summed E-state index contributed by atoms with van der Waals surface area (Å²) in [7, 11) is 0. The van der Waals surface area contributed by atoms with E-state index in [1.54, 1.807) is 0 Å². The lowest BCUT2D eigenvalue weighted by Gasteiger charge is -2.22. The molecule has 1 unspecified atom stereocenters. The van der Waals surface area contributed by atoms with Crippen LogP contribution >= 0.6 is 0 Å². The minimum absolute atomic E-state index is 0.0378. The van der Waals surface area contributed by atoms with Crippen LogP contribution in [0.15, 0.2) is 0 Å². The summed E-state index contributed by atoms with van der Waals surface area (Å²) in [6.07, 6.45) is 2.70. The van der Waals surface area contributed by atoms with Crippen molar-refractivity contribution in [2.75, 3.05) is 6.61 Å². The van der Waals surface area contributed by atoms with Gasteiger partial charge in [-0.3, -0.25) is 4.79 Å². The van der Waals surface area contributed by atoms with E-state index in [2.05, 4.69) is 12.2 Å². The third-order valence-electron chi connectivity index (χ3n) is 2.53. The number of aliphatic hydroxyl groups is 1. The fraction of sp³-hybridized carbons (Fsp3) is 0.909. The highest BCUT2D eigenvalue weighted by Gasteiger charge is 2.19. The van der Waals surface area contributed by atoms with Crippen molar-refractivity contribution in [1.82, 2.24) is 5.32 Å². The Morgan fingerprint density at radius 3 is 2.47 bits per heavy atom. The largest absolute Gasteiger partial charge is 0.394 e. The average Bonchev–Trinajstić information content (AvgIpc) is 2.21. The molecule has 0 aliphatic carbocycles. The molecule has 0 aromatic rings. The van der Waals surface area contributed by atoms with E-state index in [9.17, 15) is 4.79 Å². The molecule has 2 atom stereocenters. The van der Waals surface area contributed by atoms with Gasteiger partial charge in [0.15, 0.2) is 0 Å². The molecule has 1 amide bonds. The number of amides is 1. The van der Waals surface area contributed by atoms with Gasteiger partial charge in [0.1, 0.15) is 0 Å². The Hall–Kier alpha value is -0.610. The zero-order valence-electron chi connectivity index (χ0n) is 9.99. The van der Waals surface area contributed by atoms with Crippen LogP contribution in [0.2, 0.25) is 0 Å². The highest BCUT2D eigenvalue weighted by molar-refractivity contribution is 5.81. The van der Waals surface area contributed by atoms with E-state index < -0.39 is 6.04 Å². The molecule has 0 aromatic carbocycles. The van der Waals surface area contributed by atoms with E-state index in [1.807, 2.05) is 13.8 Å². The molecule has 0 aliphatic heterocycles. The van der Waals surface area contributed by atoms with Crippen molar-refractivity contribution in [2.45, 2.75) is 52.1 Å². The molecular formula is C11H24N2O2. The second kappa shape index (κ2) is 7.65. The van der Waals surface area contributed by atoms with Gasteiger partial charge in [-0.25, -0.2) is 0 Å². The number of carbonyl (C=O) groups is 1. The summed E-state index contributed by atoms with van der Waals surface area (Å²) in [5, 5.41) is 11.8. The van der Waals surface area contributed by atoms with Crippen molar-refractivity contribution in [3.8, 4) is 0 Å². The minimum Gasteiger partial charge on any atom is -0.394 e. The third-order valence-corrected chi connectivity index (χ3v) is 2.53. The molecule has 4 N–H and O–H groups in total. The molecule has 90 valence electrons. The summed E-state index contributed by atoms with van der Waals surface area (Å²) >= 11 is 0.